The number of nitrogens with one attached hydrogen (secondary N) is 1. The van der Waals surface area contributed by atoms with E-state index in [2.05, 4.69) is 5.32 Å². The number of carbonyl (C=O) groups is 2. The zero-order valence-corrected chi connectivity index (χ0v) is 22.0. The molecular weight excluding hydrogens is 469 g/mol. The second kappa shape index (κ2) is 12.7. The van der Waals surface area contributed by atoms with Gasteiger partial charge in [-0.05, 0) is 68.5 Å². The third-order valence-electron chi connectivity index (χ3n) is 5.79. The molecule has 1 N–H and O–H groups in total. The van der Waals surface area contributed by atoms with Crippen molar-refractivity contribution in [1.29, 1.82) is 0 Å². The van der Waals surface area contributed by atoms with Gasteiger partial charge in [0.1, 0.15) is 11.9 Å². The van der Waals surface area contributed by atoms with Crippen LogP contribution in [0.3, 0.4) is 0 Å². The molecule has 0 aliphatic heterocycles. The van der Waals surface area contributed by atoms with Crippen molar-refractivity contribution in [2.24, 2.45) is 0 Å². The van der Waals surface area contributed by atoms with E-state index >= 15 is 0 Å². The molecule has 192 valence electrons. The van der Waals surface area contributed by atoms with E-state index in [1.807, 2.05) is 45.9 Å². The highest BCUT2D eigenvalue weighted by Crippen LogP contribution is 2.25. The summed E-state index contributed by atoms with van der Waals surface area (Å²) in [7, 11) is -3.56. The number of hydrogen-bond acceptors (Lipinski definition) is 4. The lowest BCUT2D eigenvalue weighted by Crippen LogP contribution is -2.49. The van der Waals surface area contributed by atoms with Crippen LogP contribution < -0.4 is 9.62 Å². The van der Waals surface area contributed by atoms with Crippen molar-refractivity contribution in [2.75, 3.05) is 23.7 Å². The van der Waals surface area contributed by atoms with Crippen LogP contribution in [0.15, 0.2) is 42.5 Å². The minimum Gasteiger partial charge on any atom is -0.355 e. The number of amides is 2. The van der Waals surface area contributed by atoms with E-state index in [9.17, 15) is 22.4 Å². The van der Waals surface area contributed by atoms with Gasteiger partial charge in [-0.3, -0.25) is 13.9 Å². The lowest BCUT2D eigenvalue weighted by molar-refractivity contribution is -0.141. The molecule has 7 nitrogen and oxygen atoms in total. The summed E-state index contributed by atoms with van der Waals surface area (Å²) in [5.41, 5.74) is 3.06. The van der Waals surface area contributed by atoms with Gasteiger partial charge in [0.15, 0.2) is 0 Å². The summed E-state index contributed by atoms with van der Waals surface area (Å²) in [6.07, 6.45) is 1.91. The number of benzene rings is 2. The van der Waals surface area contributed by atoms with Crippen molar-refractivity contribution >= 4 is 27.5 Å². The Morgan fingerprint density at radius 2 is 1.71 bits per heavy atom. The molecule has 0 aliphatic rings. The number of likely N-dealkylation sites (N-methyl/N-ethyl adjacent to an activating group) is 1. The molecule has 2 rings (SSSR count). The maximum absolute atomic E-state index is 13.4. The summed E-state index contributed by atoms with van der Waals surface area (Å²) >= 11 is 0. The van der Waals surface area contributed by atoms with Crippen LogP contribution in [-0.2, 0) is 26.2 Å². The maximum Gasteiger partial charge on any atom is 0.242 e. The van der Waals surface area contributed by atoms with Crippen LogP contribution in [-0.4, -0.2) is 50.5 Å². The zero-order valence-electron chi connectivity index (χ0n) is 21.2. The minimum atomic E-state index is -3.56. The van der Waals surface area contributed by atoms with E-state index in [-0.39, 0.29) is 43.6 Å². The minimum absolute atomic E-state index is 0.0635. The van der Waals surface area contributed by atoms with Gasteiger partial charge in [-0.25, -0.2) is 12.8 Å². The molecule has 9 heteroatoms. The van der Waals surface area contributed by atoms with Gasteiger partial charge in [0.2, 0.25) is 21.8 Å². The summed E-state index contributed by atoms with van der Waals surface area (Å²) in [5.74, 6) is -0.893. The fourth-order valence-corrected chi connectivity index (χ4v) is 4.98. The van der Waals surface area contributed by atoms with Crippen molar-refractivity contribution in [1.82, 2.24) is 10.2 Å². The van der Waals surface area contributed by atoms with Crippen molar-refractivity contribution < 1.29 is 22.4 Å². The van der Waals surface area contributed by atoms with E-state index in [1.165, 1.54) is 21.3 Å². The average Bonchev–Trinajstić information content (AvgIpc) is 2.79. The average molecular weight is 506 g/mol. The monoisotopic (exact) mass is 505 g/mol. The normalized spacial score (nSPS) is 12.2. The summed E-state index contributed by atoms with van der Waals surface area (Å²) in [6.45, 7) is 8.11. The molecule has 0 heterocycles. The van der Waals surface area contributed by atoms with Crippen molar-refractivity contribution in [3.63, 3.8) is 0 Å². The largest absolute Gasteiger partial charge is 0.355 e. The second-order valence-electron chi connectivity index (χ2n) is 8.70. The lowest BCUT2D eigenvalue weighted by Gasteiger charge is -2.31. The van der Waals surface area contributed by atoms with E-state index in [0.29, 0.717) is 24.2 Å². The van der Waals surface area contributed by atoms with Gasteiger partial charge < -0.3 is 10.2 Å². The Morgan fingerprint density at radius 3 is 2.29 bits per heavy atom. The molecule has 0 saturated carbocycles. The predicted molar refractivity (Wildman–Crippen MR) is 137 cm³/mol. The summed E-state index contributed by atoms with van der Waals surface area (Å²) < 4.78 is 39.8. The van der Waals surface area contributed by atoms with Crippen LogP contribution >= 0.6 is 0 Å². The molecule has 1 atom stereocenters. The number of anilines is 1. The Balaban J connectivity index is 2.23. The second-order valence-corrected chi connectivity index (χ2v) is 10.6. The van der Waals surface area contributed by atoms with Gasteiger partial charge in [-0.1, -0.05) is 31.2 Å². The molecule has 2 aromatic carbocycles. The number of aryl methyl sites for hydroxylation is 2. The van der Waals surface area contributed by atoms with Crippen molar-refractivity contribution in [2.45, 2.75) is 59.5 Å². The van der Waals surface area contributed by atoms with Crippen LogP contribution in [0.4, 0.5) is 10.1 Å². The van der Waals surface area contributed by atoms with Crippen LogP contribution in [0.2, 0.25) is 0 Å². The van der Waals surface area contributed by atoms with E-state index in [0.717, 1.165) is 17.4 Å². The number of hydrogen-bond donors (Lipinski definition) is 1. The first-order valence-corrected chi connectivity index (χ1v) is 13.7. The van der Waals surface area contributed by atoms with Gasteiger partial charge in [-0.15, -0.1) is 0 Å². The van der Waals surface area contributed by atoms with Gasteiger partial charge in [-0.2, -0.15) is 0 Å². The quantitative estimate of drug-likeness (QED) is 0.474. The van der Waals surface area contributed by atoms with Crippen molar-refractivity contribution in [3.8, 4) is 0 Å². The summed E-state index contributed by atoms with van der Waals surface area (Å²) in [4.78, 5) is 27.5. The van der Waals surface area contributed by atoms with Gasteiger partial charge in [0, 0.05) is 26.1 Å². The molecule has 0 fully saturated rings. The Hall–Kier alpha value is -2.94. The first-order valence-electron chi connectivity index (χ1n) is 11.8. The van der Waals surface area contributed by atoms with Crippen LogP contribution in [0.5, 0.6) is 0 Å². The highest BCUT2D eigenvalue weighted by atomic mass is 32.2. The first-order chi connectivity index (χ1) is 16.5. The van der Waals surface area contributed by atoms with E-state index in [1.54, 1.807) is 12.1 Å². The van der Waals surface area contributed by atoms with Gasteiger partial charge in [0.25, 0.3) is 0 Å². The standard InChI is InChI=1S/C26H36FN3O4S/c1-6-23(26(32)28-7-2)29(18-21-12-14-22(27)15-13-21)25(31)9-8-16-30(35(5,33)34)24-17-19(3)10-11-20(24)4/h10-15,17,23H,6-9,16,18H2,1-5H3,(H,28,32)/t23-/m1/s1. The molecule has 0 bridgehead atoms. The number of rotatable bonds is 12. The number of sulfonamides is 1. The molecule has 0 saturated heterocycles. The number of halogens is 1. The van der Waals surface area contributed by atoms with Crippen LogP contribution in [0.25, 0.3) is 0 Å². The van der Waals surface area contributed by atoms with Crippen LogP contribution in [0, 0.1) is 19.7 Å². The SMILES string of the molecule is CCNC(=O)[C@@H](CC)N(Cc1ccc(F)cc1)C(=O)CCCN(c1cc(C)ccc1C)S(C)(=O)=O. The Bertz CT molecular complexity index is 1120. The van der Waals surface area contributed by atoms with Crippen molar-refractivity contribution in [3.05, 3.63) is 65.0 Å². The predicted octanol–water partition coefficient (Wildman–Crippen LogP) is 3.93. The third kappa shape index (κ3) is 8.06. The van der Waals surface area contributed by atoms with Gasteiger partial charge >= 0.3 is 0 Å². The third-order valence-corrected chi connectivity index (χ3v) is 6.97. The zero-order chi connectivity index (χ0) is 26.2. The molecule has 2 aromatic rings. The fourth-order valence-electron chi connectivity index (χ4n) is 3.97. The molecule has 0 aliphatic carbocycles. The molecule has 2 amide bonds. The topological polar surface area (TPSA) is 86.8 Å². The molecule has 0 radical (unpaired) electrons. The smallest absolute Gasteiger partial charge is 0.242 e. The van der Waals surface area contributed by atoms with Gasteiger partial charge in [0.05, 0.1) is 11.9 Å². The van der Waals surface area contributed by atoms with E-state index < -0.39 is 16.1 Å². The number of carbonyl (C=O) groups excluding carboxylic acids is 2. The molecule has 35 heavy (non-hydrogen) atoms. The highest BCUT2D eigenvalue weighted by Gasteiger charge is 2.28. The first kappa shape index (κ1) is 28.3. The molecule has 0 aromatic heterocycles. The number of nitrogens with zero attached hydrogens (tertiary/aromatic N) is 2. The summed E-state index contributed by atoms with van der Waals surface area (Å²) in [5, 5.41) is 2.77. The highest BCUT2D eigenvalue weighted by molar-refractivity contribution is 7.92. The fraction of sp³-hybridized carbons (Fsp3) is 0.462. The molecule has 0 unspecified atom stereocenters. The Morgan fingerprint density at radius 1 is 1.06 bits per heavy atom. The molecular formula is C26H36FN3O4S. The van der Waals surface area contributed by atoms with E-state index in [4.69, 9.17) is 0 Å². The van der Waals surface area contributed by atoms with Crippen LogP contribution in [0.1, 0.15) is 49.8 Å². The Kier molecular flexibility index (Phi) is 10.2. The summed E-state index contributed by atoms with van der Waals surface area (Å²) in [6, 6.07) is 10.7. The lowest BCUT2D eigenvalue weighted by atomic mass is 10.1. The molecule has 0 spiro atoms. The maximum atomic E-state index is 13.4. The Labute approximate surface area is 208 Å².